The average molecular weight is 512 g/mol. The van der Waals surface area contributed by atoms with Crippen molar-refractivity contribution in [1.29, 1.82) is 10.5 Å². The van der Waals surface area contributed by atoms with Gasteiger partial charge in [0, 0.05) is 40.1 Å². The van der Waals surface area contributed by atoms with Crippen LogP contribution in [0.3, 0.4) is 0 Å². The molecule has 2 aromatic rings. The van der Waals surface area contributed by atoms with Crippen LogP contribution in [0, 0.1) is 22.7 Å². The minimum absolute atomic E-state index is 0.117. The summed E-state index contributed by atoms with van der Waals surface area (Å²) >= 11 is 0. The van der Waals surface area contributed by atoms with Crippen LogP contribution in [-0.2, 0) is 15.5 Å². The van der Waals surface area contributed by atoms with Crippen molar-refractivity contribution in [2.24, 2.45) is 0 Å². The topological polar surface area (TPSA) is 122 Å². The summed E-state index contributed by atoms with van der Waals surface area (Å²) in [5.74, 6) is -0.578. The van der Waals surface area contributed by atoms with Crippen molar-refractivity contribution in [2.75, 3.05) is 17.2 Å². The second kappa shape index (κ2) is 10.0. The number of benzene rings is 2. The van der Waals surface area contributed by atoms with E-state index in [4.69, 9.17) is 4.55 Å². The van der Waals surface area contributed by atoms with E-state index in [1.807, 2.05) is 47.4 Å². The Morgan fingerprint density at radius 3 is 2.30 bits per heavy atom. The van der Waals surface area contributed by atoms with Crippen LogP contribution >= 0.6 is 0 Å². The van der Waals surface area contributed by atoms with E-state index in [-0.39, 0.29) is 34.5 Å². The zero-order valence-corrected chi connectivity index (χ0v) is 21.3. The second-order valence-electron chi connectivity index (χ2n) is 9.30. The molecule has 0 radical (unpaired) electrons. The molecule has 0 fully saturated rings. The summed E-state index contributed by atoms with van der Waals surface area (Å²) in [6, 6.07) is 18.6. The van der Waals surface area contributed by atoms with Gasteiger partial charge in [0.05, 0.1) is 5.75 Å². The quantitative estimate of drug-likeness (QED) is 0.324. The van der Waals surface area contributed by atoms with Crippen LogP contribution < -0.4 is 4.90 Å². The normalized spacial score (nSPS) is 18.2. The number of rotatable bonds is 6. The maximum atomic E-state index is 13.0. The molecule has 4 rings (SSSR count). The Bertz CT molecular complexity index is 1580. The van der Waals surface area contributed by atoms with Gasteiger partial charge < -0.3 is 4.90 Å². The molecule has 37 heavy (non-hydrogen) atoms. The average Bonchev–Trinajstić information content (AvgIpc) is 3.25. The molecule has 1 aliphatic carbocycles. The lowest BCUT2D eigenvalue weighted by atomic mass is 9.84. The Kier molecular flexibility index (Phi) is 7.00. The molecule has 0 amide bonds. The number of allylic oxidation sites excluding steroid dienone is 8. The third-order valence-corrected chi connectivity index (χ3v) is 7.44. The molecule has 0 bridgehead atoms. The standard InChI is InChI=1S/C29H25N3O4S/c1-29(2)24-13-6-7-14-25(24)32(16-9-17-37(34,35)36)26(29)15-8-5-12-23-27(20(18-30)19-31)21-10-3-4-11-22(21)28(23)33/h3-8,10-15H,9,16-17H2,1-2H3,(H,34,35,36)/b8-5+,23-12+,26-15-. The highest BCUT2D eigenvalue weighted by Gasteiger charge is 2.39. The van der Waals surface area contributed by atoms with Gasteiger partial charge in [-0.15, -0.1) is 0 Å². The first-order valence-corrected chi connectivity index (χ1v) is 13.3. The first-order chi connectivity index (χ1) is 17.6. The Morgan fingerprint density at radius 1 is 1.00 bits per heavy atom. The number of Topliss-reactive ketones (excluding diaryl/α,β-unsaturated/α-hetero) is 1. The Labute approximate surface area is 216 Å². The zero-order valence-electron chi connectivity index (χ0n) is 20.5. The van der Waals surface area contributed by atoms with Crippen molar-refractivity contribution in [3.8, 4) is 12.1 Å². The molecule has 7 nitrogen and oxygen atoms in total. The van der Waals surface area contributed by atoms with E-state index < -0.39 is 10.1 Å². The molecule has 0 saturated carbocycles. The van der Waals surface area contributed by atoms with Gasteiger partial charge in [-0.3, -0.25) is 9.35 Å². The summed E-state index contributed by atoms with van der Waals surface area (Å²) in [7, 11) is -4.06. The smallest absolute Gasteiger partial charge is 0.264 e. The largest absolute Gasteiger partial charge is 0.344 e. The maximum absolute atomic E-state index is 13.0. The number of fused-ring (bicyclic) bond motifs is 2. The van der Waals surface area contributed by atoms with Gasteiger partial charge in [-0.25, -0.2) is 0 Å². The van der Waals surface area contributed by atoms with Gasteiger partial charge in [-0.05, 0) is 29.7 Å². The molecule has 2 aliphatic rings. The van der Waals surface area contributed by atoms with E-state index >= 15 is 0 Å². The number of carbonyl (C=O) groups is 1. The van der Waals surface area contributed by atoms with E-state index in [1.54, 1.807) is 42.5 Å². The third-order valence-electron chi connectivity index (χ3n) is 6.64. The molecule has 0 spiro atoms. The van der Waals surface area contributed by atoms with Crippen LogP contribution in [-0.4, -0.2) is 31.1 Å². The highest BCUT2D eigenvalue weighted by molar-refractivity contribution is 7.85. The summed E-state index contributed by atoms with van der Waals surface area (Å²) in [6.07, 6.45) is 7.27. The fourth-order valence-corrected chi connectivity index (χ4v) is 5.45. The minimum Gasteiger partial charge on any atom is -0.344 e. The van der Waals surface area contributed by atoms with Crippen LogP contribution in [0.15, 0.2) is 89.7 Å². The highest BCUT2D eigenvalue weighted by Crippen LogP contribution is 2.47. The molecular formula is C29H25N3O4S. The Hall–Kier alpha value is -4.24. The van der Waals surface area contributed by atoms with Crippen LogP contribution in [0.25, 0.3) is 5.57 Å². The highest BCUT2D eigenvalue weighted by atomic mass is 32.2. The lowest BCUT2D eigenvalue weighted by molar-refractivity contribution is 0.104. The van der Waals surface area contributed by atoms with Crippen molar-refractivity contribution in [3.63, 3.8) is 0 Å². The van der Waals surface area contributed by atoms with Crippen LogP contribution in [0.2, 0.25) is 0 Å². The molecule has 1 N–H and O–H groups in total. The number of anilines is 1. The monoisotopic (exact) mass is 511 g/mol. The van der Waals surface area contributed by atoms with Crippen LogP contribution in [0.5, 0.6) is 0 Å². The maximum Gasteiger partial charge on any atom is 0.264 e. The lowest BCUT2D eigenvalue weighted by Gasteiger charge is -2.27. The van der Waals surface area contributed by atoms with E-state index in [9.17, 15) is 23.7 Å². The SMILES string of the molecule is CC1(C)/C(=C/C=C/C=C2/C(=O)c3ccccc3C2=C(C#N)C#N)N(CCCS(=O)(=O)O)c2ccccc21. The molecular weight excluding hydrogens is 486 g/mol. The van der Waals surface area contributed by atoms with Gasteiger partial charge in [0.1, 0.15) is 17.7 Å². The lowest BCUT2D eigenvalue weighted by Crippen LogP contribution is -2.28. The predicted octanol–water partition coefficient (Wildman–Crippen LogP) is 5.13. The molecule has 0 saturated heterocycles. The van der Waals surface area contributed by atoms with Crippen molar-refractivity contribution >= 4 is 27.2 Å². The molecule has 8 heteroatoms. The van der Waals surface area contributed by atoms with E-state index in [0.29, 0.717) is 23.2 Å². The zero-order chi connectivity index (χ0) is 26.8. The van der Waals surface area contributed by atoms with E-state index in [0.717, 1.165) is 16.9 Å². The fraction of sp³-hybridized carbons (Fsp3) is 0.207. The molecule has 1 aliphatic heterocycles. The van der Waals surface area contributed by atoms with Crippen molar-refractivity contribution in [2.45, 2.75) is 25.7 Å². The Balaban J connectivity index is 1.70. The first kappa shape index (κ1) is 25.8. The number of para-hydroxylation sites is 1. The number of carbonyl (C=O) groups excluding carboxylic acids is 1. The molecule has 0 unspecified atom stereocenters. The van der Waals surface area contributed by atoms with Crippen LogP contribution in [0.4, 0.5) is 5.69 Å². The van der Waals surface area contributed by atoms with Gasteiger partial charge in [-0.1, -0.05) is 74.5 Å². The second-order valence-corrected chi connectivity index (χ2v) is 10.9. The molecule has 0 atom stereocenters. The van der Waals surface area contributed by atoms with E-state index in [1.165, 1.54) is 0 Å². The van der Waals surface area contributed by atoms with Gasteiger partial charge in [0.15, 0.2) is 5.78 Å². The molecule has 1 heterocycles. The van der Waals surface area contributed by atoms with Crippen LogP contribution in [0.1, 0.15) is 41.8 Å². The summed E-state index contributed by atoms with van der Waals surface area (Å²) in [5.41, 5.74) is 4.16. The van der Waals surface area contributed by atoms with Gasteiger partial charge in [0.25, 0.3) is 10.1 Å². The van der Waals surface area contributed by atoms with Gasteiger partial charge in [-0.2, -0.15) is 18.9 Å². The summed E-state index contributed by atoms with van der Waals surface area (Å²) < 4.78 is 31.7. The van der Waals surface area contributed by atoms with Crippen molar-refractivity contribution in [1.82, 2.24) is 0 Å². The summed E-state index contributed by atoms with van der Waals surface area (Å²) in [5, 5.41) is 18.9. The number of nitrogens with zero attached hydrogens (tertiary/aromatic N) is 3. The summed E-state index contributed by atoms with van der Waals surface area (Å²) in [6.45, 7) is 4.56. The van der Waals surface area contributed by atoms with E-state index in [2.05, 4.69) is 13.8 Å². The number of ketones is 1. The van der Waals surface area contributed by atoms with Gasteiger partial charge in [0.2, 0.25) is 0 Å². The number of hydrogen-bond acceptors (Lipinski definition) is 6. The molecule has 186 valence electrons. The number of hydrogen-bond donors (Lipinski definition) is 1. The predicted molar refractivity (Wildman–Crippen MR) is 142 cm³/mol. The number of nitriles is 2. The van der Waals surface area contributed by atoms with Gasteiger partial charge >= 0.3 is 0 Å². The van der Waals surface area contributed by atoms with Crippen molar-refractivity contribution in [3.05, 3.63) is 106 Å². The fourth-order valence-electron chi connectivity index (χ4n) is 4.95. The Morgan fingerprint density at radius 2 is 1.62 bits per heavy atom. The third kappa shape index (κ3) is 4.90. The van der Waals surface area contributed by atoms with Crippen molar-refractivity contribution < 1.29 is 17.8 Å². The minimum atomic E-state index is -4.06. The molecule has 2 aromatic carbocycles. The first-order valence-electron chi connectivity index (χ1n) is 11.7. The summed E-state index contributed by atoms with van der Waals surface area (Å²) in [4.78, 5) is 15.1. The molecule has 0 aromatic heterocycles.